The molecule has 4 aromatic rings. The minimum Gasteiger partial charge on any atom is -0.480 e. The van der Waals surface area contributed by atoms with Crippen molar-refractivity contribution in [1.29, 1.82) is 0 Å². The van der Waals surface area contributed by atoms with Crippen LogP contribution in [-0.4, -0.2) is 30.9 Å². The molecule has 0 atom stereocenters. The number of halogens is 1. The third-order valence-electron chi connectivity index (χ3n) is 5.09. The lowest BCUT2D eigenvalue weighted by atomic mass is 10.2. The zero-order valence-electron chi connectivity index (χ0n) is 18.8. The number of aromatic nitrogens is 2. The number of carboxylic acids is 1. The van der Waals surface area contributed by atoms with Gasteiger partial charge in [0, 0.05) is 17.0 Å². The van der Waals surface area contributed by atoms with E-state index in [-0.39, 0.29) is 5.82 Å². The molecule has 2 aromatic heterocycles. The number of carboxylic acid groups (broad SMARTS) is 1. The summed E-state index contributed by atoms with van der Waals surface area (Å²) in [4.78, 5) is 14.4. The van der Waals surface area contributed by atoms with Crippen LogP contribution < -0.4 is 0 Å². The molecule has 9 heteroatoms. The van der Waals surface area contributed by atoms with Crippen LogP contribution in [0.15, 0.2) is 80.7 Å². The summed E-state index contributed by atoms with van der Waals surface area (Å²) in [5, 5.41) is 17.6. The van der Waals surface area contributed by atoms with Gasteiger partial charge in [-0.1, -0.05) is 12.1 Å². The van der Waals surface area contributed by atoms with Gasteiger partial charge in [0.15, 0.2) is 0 Å². The van der Waals surface area contributed by atoms with Crippen molar-refractivity contribution in [2.24, 2.45) is 0 Å². The Balaban J connectivity index is 1.47. The van der Waals surface area contributed by atoms with Crippen LogP contribution in [0, 0.1) is 5.82 Å². The molecule has 0 saturated heterocycles. The third kappa shape index (κ3) is 6.12. The molecule has 0 amide bonds. The fraction of sp³-hybridized carbons (Fsp3) is 0.240. The van der Waals surface area contributed by atoms with E-state index in [0.717, 1.165) is 16.2 Å². The number of rotatable bonds is 10. The van der Waals surface area contributed by atoms with Crippen LogP contribution in [0.2, 0.25) is 0 Å². The van der Waals surface area contributed by atoms with Crippen LogP contribution in [0.4, 0.5) is 4.39 Å². The number of thioether (sulfide) groups is 1. The van der Waals surface area contributed by atoms with Gasteiger partial charge in [-0.15, -0.1) is 22.0 Å². The number of hydrogen-bond donors (Lipinski definition) is 1. The number of nitrogens with zero attached hydrogens (tertiary/aromatic N) is 3. The maximum Gasteiger partial charge on any atom is 0.319 e. The van der Waals surface area contributed by atoms with Crippen LogP contribution in [0.25, 0.3) is 11.5 Å². The van der Waals surface area contributed by atoms with Crippen molar-refractivity contribution < 1.29 is 23.1 Å². The maximum absolute atomic E-state index is 13.2. The number of hydrogen-bond acceptors (Lipinski definition) is 7. The molecule has 0 bridgehead atoms. The Morgan fingerprint density at radius 2 is 1.76 bits per heavy atom. The fourth-order valence-electron chi connectivity index (χ4n) is 3.27. The van der Waals surface area contributed by atoms with Gasteiger partial charge in [-0.3, -0.25) is 9.69 Å². The van der Waals surface area contributed by atoms with E-state index in [0.29, 0.717) is 37.0 Å². The predicted molar refractivity (Wildman–Crippen MR) is 125 cm³/mol. The van der Waals surface area contributed by atoms with Crippen LogP contribution in [0.1, 0.15) is 31.1 Å². The fourth-order valence-corrected chi connectivity index (χ4v) is 4.22. The molecule has 0 saturated carbocycles. The average molecular weight is 482 g/mol. The standard InChI is InChI=1S/C25H24FN3O4S/c1-25(2,24(30)31)34-21-11-5-17(6-12-21)14-29(15-20-4-3-13-32-20)16-22-27-28-23(33-22)18-7-9-19(26)10-8-18/h3-13H,14-16H2,1-2H3,(H,30,31). The first kappa shape index (κ1) is 23.7. The topological polar surface area (TPSA) is 92.6 Å². The summed E-state index contributed by atoms with van der Waals surface area (Å²) >= 11 is 1.30. The van der Waals surface area contributed by atoms with Crippen LogP contribution >= 0.6 is 11.8 Å². The summed E-state index contributed by atoms with van der Waals surface area (Å²) in [6.07, 6.45) is 1.63. The molecule has 1 N–H and O–H groups in total. The molecule has 0 aliphatic heterocycles. The second-order valence-electron chi connectivity index (χ2n) is 8.29. The molecule has 0 fully saturated rings. The smallest absolute Gasteiger partial charge is 0.319 e. The highest BCUT2D eigenvalue weighted by Gasteiger charge is 2.28. The van der Waals surface area contributed by atoms with Crippen LogP contribution in [-0.2, 0) is 24.4 Å². The zero-order chi connectivity index (χ0) is 24.1. The SMILES string of the molecule is CC(C)(Sc1ccc(CN(Cc2ccco2)Cc2nnc(-c3ccc(F)cc3)o2)cc1)C(=O)O. The first-order chi connectivity index (χ1) is 16.3. The van der Waals surface area contributed by atoms with E-state index in [4.69, 9.17) is 8.83 Å². The van der Waals surface area contributed by atoms with Gasteiger partial charge in [0.25, 0.3) is 0 Å². The molecule has 0 spiro atoms. The first-order valence-corrected chi connectivity index (χ1v) is 11.4. The minimum atomic E-state index is -0.910. The lowest BCUT2D eigenvalue weighted by Gasteiger charge is -2.21. The van der Waals surface area contributed by atoms with Crippen molar-refractivity contribution in [3.05, 3.63) is 90.0 Å². The van der Waals surface area contributed by atoms with Gasteiger partial charge in [0.1, 0.15) is 16.3 Å². The normalized spacial score (nSPS) is 11.8. The summed E-state index contributed by atoms with van der Waals surface area (Å²) < 4.78 is 23.6. The molecule has 4 rings (SSSR count). The average Bonchev–Trinajstić information content (AvgIpc) is 3.48. The van der Waals surface area contributed by atoms with Crippen LogP contribution in [0.5, 0.6) is 0 Å². The van der Waals surface area contributed by atoms with Crippen LogP contribution in [0.3, 0.4) is 0 Å². The molecule has 176 valence electrons. The van der Waals surface area contributed by atoms with Gasteiger partial charge in [0.2, 0.25) is 11.8 Å². The minimum absolute atomic E-state index is 0.329. The predicted octanol–water partition coefficient (Wildman–Crippen LogP) is 5.63. The molecule has 2 aromatic carbocycles. The van der Waals surface area contributed by atoms with Gasteiger partial charge in [-0.05, 0) is 67.9 Å². The lowest BCUT2D eigenvalue weighted by molar-refractivity contribution is -0.138. The molecule has 0 unspecified atom stereocenters. The zero-order valence-corrected chi connectivity index (χ0v) is 19.6. The van der Waals surface area contributed by atoms with Crippen molar-refractivity contribution >= 4 is 17.7 Å². The van der Waals surface area contributed by atoms with E-state index in [1.807, 2.05) is 36.4 Å². The van der Waals surface area contributed by atoms with Gasteiger partial charge in [-0.2, -0.15) is 0 Å². The maximum atomic E-state index is 13.2. The molecule has 7 nitrogen and oxygen atoms in total. The monoisotopic (exact) mass is 481 g/mol. The van der Waals surface area contributed by atoms with Crippen molar-refractivity contribution in [1.82, 2.24) is 15.1 Å². The van der Waals surface area contributed by atoms with E-state index in [9.17, 15) is 14.3 Å². The second-order valence-corrected chi connectivity index (χ2v) is 9.99. The summed E-state index contributed by atoms with van der Waals surface area (Å²) in [5.74, 6) is 0.375. The number of benzene rings is 2. The van der Waals surface area contributed by atoms with Gasteiger partial charge in [0.05, 0.1) is 19.4 Å². The van der Waals surface area contributed by atoms with Gasteiger partial charge < -0.3 is 13.9 Å². The molecule has 0 radical (unpaired) electrons. The largest absolute Gasteiger partial charge is 0.480 e. The summed E-state index contributed by atoms with van der Waals surface area (Å²) in [6, 6.07) is 17.4. The highest BCUT2D eigenvalue weighted by Crippen LogP contribution is 2.33. The van der Waals surface area contributed by atoms with E-state index >= 15 is 0 Å². The molecule has 0 aliphatic rings. The second kappa shape index (κ2) is 10.2. The number of furan rings is 1. The van der Waals surface area contributed by atoms with E-state index in [1.54, 1.807) is 32.2 Å². The summed E-state index contributed by atoms with van der Waals surface area (Å²) in [7, 11) is 0. The highest BCUT2D eigenvalue weighted by atomic mass is 32.2. The molecular weight excluding hydrogens is 457 g/mol. The van der Waals surface area contributed by atoms with Crippen molar-refractivity contribution in [3.8, 4) is 11.5 Å². The Hall–Kier alpha value is -3.43. The Bertz CT molecular complexity index is 1220. The number of carbonyl (C=O) groups is 1. The highest BCUT2D eigenvalue weighted by molar-refractivity contribution is 8.01. The summed E-state index contributed by atoms with van der Waals surface area (Å²) in [6.45, 7) is 4.87. The third-order valence-corrected chi connectivity index (χ3v) is 6.29. The number of aliphatic carboxylic acids is 1. The van der Waals surface area contributed by atoms with E-state index < -0.39 is 10.7 Å². The van der Waals surface area contributed by atoms with Gasteiger partial charge >= 0.3 is 5.97 Å². The van der Waals surface area contributed by atoms with Crippen molar-refractivity contribution in [2.75, 3.05) is 0 Å². The Labute approximate surface area is 200 Å². The van der Waals surface area contributed by atoms with E-state index in [1.165, 1.54) is 23.9 Å². The molecule has 34 heavy (non-hydrogen) atoms. The molecule has 0 aliphatic carbocycles. The van der Waals surface area contributed by atoms with E-state index in [2.05, 4.69) is 15.1 Å². The first-order valence-electron chi connectivity index (χ1n) is 10.6. The Kier molecular flexibility index (Phi) is 7.14. The molecule has 2 heterocycles. The quantitative estimate of drug-likeness (QED) is 0.292. The lowest BCUT2D eigenvalue weighted by Crippen LogP contribution is -2.26. The Morgan fingerprint density at radius 1 is 1.03 bits per heavy atom. The molecular formula is C25H24FN3O4S. The summed E-state index contributed by atoms with van der Waals surface area (Å²) in [5.41, 5.74) is 1.69. The van der Waals surface area contributed by atoms with Gasteiger partial charge in [-0.25, -0.2) is 4.39 Å². The Morgan fingerprint density at radius 3 is 2.41 bits per heavy atom. The van der Waals surface area contributed by atoms with Crippen molar-refractivity contribution in [2.45, 2.75) is 43.1 Å². The van der Waals surface area contributed by atoms with Crippen molar-refractivity contribution in [3.63, 3.8) is 0 Å².